The van der Waals surface area contributed by atoms with E-state index >= 15 is 0 Å². The summed E-state index contributed by atoms with van der Waals surface area (Å²) in [5.74, 6) is 0. The molecule has 0 aromatic heterocycles. The Morgan fingerprint density at radius 2 is 2.00 bits per heavy atom. The summed E-state index contributed by atoms with van der Waals surface area (Å²) in [7, 11) is 0. The normalized spacial score (nSPS) is 45.8. The van der Waals surface area contributed by atoms with E-state index in [0.29, 0.717) is 11.0 Å². The monoisotopic (exact) mass is 156 g/mol. The lowest BCUT2D eigenvalue weighted by atomic mass is 9.98. The van der Waals surface area contributed by atoms with Crippen molar-refractivity contribution in [2.75, 3.05) is 6.61 Å². The van der Waals surface area contributed by atoms with Crippen molar-refractivity contribution < 1.29 is 4.74 Å². The lowest BCUT2D eigenvalue weighted by molar-refractivity contribution is 0.0747. The van der Waals surface area contributed by atoms with Crippen molar-refractivity contribution in [3.63, 3.8) is 0 Å². The van der Waals surface area contributed by atoms with Gasteiger partial charge in [-0.1, -0.05) is 20.8 Å². The molecule has 0 unspecified atom stereocenters. The van der Waals surface area contributed by atoms with Gasteiger partial charge < -0.3 is 4.74 Å². The van der Waals surface area contributed by atoms with Crippen LogP contribution in [0.4, 0.5) is 0 Å². The Balaban J connectivity index is 0.000000281. The van der Waals surface area contributed by atoms with E-state index in [2.05, 4.69) is 13.8 Å². The Kier molecular flexibility index (Phi) is 2.29. The SMILES string of the molecule is CC.CC[C@@]12CCO[C@]1(C)C2. The molecule has 2 aliphatic rings. The minimum atomic E-state index is 0.307. The molecule has 0 radical (unpaired) electrons. The molecule has 2 rings (SSSR count). The molecule has 1 aliphatic heterocycles. The Labute approximate surface area is 70.1 Å². The highest BCUT2D eigenvalue weighted by atomic mass is 16.5. The van der Waals surface area contributed by atoms with E-state index in [1.165, 1.54) is 19.3 Å². The van der Waals surface area contributed by atoms with Crippen molar-refractivity contribution in [1.29, 1.82) is 0 Å². The van der Waals surface area contributed by atoms with Crippen molar-refractivity contribution in [1.82, 2.24) is 0 Å². The fraction of sp³-hybridized carbons (Fsp3) is 1.00. The quantitative estimate of drug-likeness (QED) is 0.567. The van der Waals surface area contributed by atoms with Gasteiger partial charge in [0.1, 0.15) is 0 Å². The lowest BCUT2D eigenvalue weighted by Gasteiger charge is -2.08. The van der Waals surface area contributed by atoms with Crippen molar-refractivity contribution in [2.45, 2.75) is 52.6 Å². The van der Waals surface area contributed by atoms with Crippen LogP contribution in [0.2, 0.25) is 0 Å². The highest BCUT2D eigenvalue weighted by Crippen LogP contribution is 2.66. The van der Waals surface area contributed by atoms with Crippen LogP contribution in [-0.2, 0) is 4.74 Å². The molecule has 0 amide bonds. The van der Waals surface area contributed by atoms with Gasteiger partial charge in [0, 0.05) is 12.0 Å². The second-order valence-corrected chi connectivity index (χ2v) is 3.64. The zero-order valence-electron chi connectivity index (χ0n) is 8.24. The average Bonchev–Trinajstić information content (AvgIpc) is 2.51. The first-order chi connectivity index (χ1) is 5.22. The molecule has 1 aliphatic carbocycles. The third-order valence-corrected chi connectivity index (χ3v) is 3.35. The average molecular weight is 156 g/mol. The second kappa shape index (κ2) is 2.78. The summed E-state index contributed by atoms with van der Waals surface area (Å²) in [5.41, 5.74) is 0.925. The molecule has 1 nitrogen and oxygen atoms in total. The molecular formula is C10H20O. The number of ether oxygens (including phenoxy) is 1. The molecule has 2 atom stereocenters. The van der Waals surface area contributed by atoms with Gasteiger partial charge >= 0.3 is 0 Å². The van der Waals surface area contributed by atoms with E-state index in [-0.39, 0.29) is 0 Å². The van der Waals surface area contributed by atoms with Crippen LogP contribution < -0.4 is 0 Å². The number of fused-ring (bicyclic) bond motifs is 1. The molecule has 0 N–H and O–H groups in total. The van der Waals surface area contributed by atoms with Gasteiger partial charge in [0.05, 0.1) is 5.60 Å². The van der Waals surface area contributed by atoms with Crippen LogP contribution in [0, 0.1) is 5.41 Å². The summed E-state index contributed by atoms with van der Waals surface area (Å²) in [6, 6.07) is 0. The largest absolute Gasteiger partial charge is 0.375 e. The van der Waals surface area contributed by atoms with Gasteiger partial charge in [0.2, 0.25) is 0 Å². The summed E-state index contributed by atoms with van der Waals surface area (Å²) >= 11 is 0. The van der Waals surface area contributed by atoms with E-state index in [1.807, 2.05) is 13.8 Å². The summed E-state index contributed by atoms with van der Waals surface area (Å²) in [4.78, 5) is 0. The van der Waals surface area contributed by atoms with Crippen molar-refractivity contribution in [2.24, 2.45) is 5.41 Å². The summed E-state index contributed by atoms with van der Waals surface area (Å²) in [6.07, 6.45) is 3.93. The van der Waals surface area contributed by atoms with Crippen molar-refractivity contribution >= 4 is 0 Å². The summed E-state index contributed by atoms with van der Waals surface area (Å²) in [5, 5.41) is 0. The first kappa shape index (κ1) is 9.05. The van der Waals surface area contributed by atoms with Gasteiger partial charge in [-0.05, 0) is 26.2 Å². The molecule has 0 spiro atoms. The van der Waals surface area contributed by atoms with Crippen LogP contribution in [0.1, 0.15) is 47.0 Å². The first-order valence-electron chi connectivity index (χ1n) is 4.86. The fourth-order valence-corrected chi connectivity index (χ4v) is 2.31. The Bertz CT molecular complexity index is 140. The van der Waals surface area contributed by atoms with Gasteiger partial charge in [-0.3, -0.25) is 0 Å². The predicted molar refractivity (Wildman–Crippen MR) is 47.7 cm³/mol. The smallest absolute Gasteiger partial charge is 0.0718 e. The first-order valence-corrected chi connectivity index (χ1v) is 4.86. The van der Waals surface area contributed by atoms with E-state index in [0.717, 1.165) is 6.61 Å². The zero-order chi connectivity index (χ0) is 8.54. The number of hydrogen-bond donors (Lipinski definition) is 0. The molecule has 0 aromatic rings. The van der Waals surface area contributed by atoms with Crippen LogP contribution in [0.25, 0.3) is 0 Å². The second-order valence-electron chi connectivity index (χ2n) is 3.64. The van der Waals surface area contributed by atoms with Crippen LogP contribution >= 0.6 is 0 Å². The molecule has 66 valence electrons. The minimum Gasteiger partial charge on any atom is -0.375 e. The van der Waals surface area contributed by atoms with Crippen molar-refractivity contribution in [3.05, 3.63) is 0 Å². The maximum Gasteiger partial charge on any atom is 0.0718 e. The maximum absolute atomic E-state index is 5.61. The molecular weight excluding hydrogens is 136 g/mol. The highest BCUT2D eigenvalue weighted by molar-refractivity contribution is 5.16. The minimum absolute atomic E-state index is 0.307. The molecule has 1 saturated carbocycles. The van der Waals surface area contributed by atoms with Crippen LogP contribution in [0.15, 0.2) is 0 Å². The Hall–Kier alpha value is -0.0400. The van der Waals surface area contributed by atoms with Crippen LogP contribution in [0.3, 0.4) is 0 Å². The van der Waals surface area contributed by atoms with Crippen LogP contribution in [0.5, 0.6) is 0 Å². The molecule has 1 heterocycles. The van der Waals surface area contributed by atoms with Gasteiger partial charge in [-0.25, -0.2) is 0 Å². The van der Waals surface area contributed by atoms with Gasteiger partial charge in [0.25, 0.3) is 0 Å². The number of hydrogen-bond acceptors (Lipinski definition) is 1. The van der Waals surface area contributed by atoms with Gasteiger partial charge in [-0.15, -0.1) is 0 Å². The standard InChI is InChI=1S/C8H14O.C2H6/c1-3-8-4-5-9-7(8,2)6-8;1-2/h3-6H2,1-2H3;1-2H3/t7-,8+;/m1./s1. The maximum atomic E-state index is 5.61. The van der Waals surface area contributed by atoms with Crippen LogP contribution in [-0.4, -0.2) is 12.2 Å². The Morgan fingerprint density at radius 3 is 2.18 bits per heavy atom. The molecule has 2 fully saturated rings. The fourth-order valence-electron chi connectivity index (χ4n) is 2.31. The molecule has 1 heteroatoms. The van der Waals surface area contributed by atoms with E-state index in [1.54, 1.807) is 0 Å². The Morgan fingerprint density at radius 1 is 1.36 bits per heavy atom. The molecule has 0 bridgehead atoms. The van der Waals surface area contributed by atoms with E-state index in [4.69, 9.17) is 4.74 Å². The van der Waals surface area contributed by atoms with E-state index < -0.39 is 0 Å². The van der Waals surface area contributed by atoms with Gasteiger partial charge in [-0.2, -0.15) is 0 Å². The van der Waals surface area contributed by atoms with E-state index in [9.17, 15) is 0 Å². The highest BCUT2D eigenvalue weighted by Gasteiger charge is 2.67. The lowest BCUT2D eigenvalue weighted by Crippen LogP contribution is -2.09. The summed E-state index contributed by atoms with van der Waals surface area (Å²) < 4.78 is 5.61. The third-order valence-electron chi connectivity index (χ3n) is 3.35. The topological polar surface area (TPSA) is 9.23 Å². The zero-order valence-corrected chi connectivity index (χ0v) is 8.24. The van der Waals surface area contributed by atoms with Gasteiger partial charge in [0.15, 0.2) is 0 Å². The third kappa shape index (κ3) is 1.10. The summed E-state index contributed by atoms with van der Waals surface area (Å²) in [6.45, 7) is 9.54. The molecule has 1 saturated heterocycles. The molecule has 11 heavy (non-hydrogen) atoms. The predicted octanol–water partition coefficient (Wildman–Crippen LogP) is 2.99. The van der Waals surface area contributed by atoms with Crippen molar-refractivity contribution in [3.8, 4) is 0 Å². The number of rotatable bonds is 1. The molecule has 0 aromatic carbocycles.